The molecular formula is C17H27N5O2. The Hall–Kier alpha value is -1.89. The van der Waals surface area contributed by atoms with Crippen LogP contribution in [0.25, 0.3) is 0 Å². The molecule has 2 saturated heterocycles. The number of piperidine rings is 1. The van der Waals surface area contributed by atoms with Crippen molar-refractivity contribution in [2.75, 3.05) is 26.7 Å². The van der Waals surface area contributed by atoms with Crippen LogP contribution in [0.1, 0.15) is 31.7 Å². The highest BCUT2D eigenvalue weighted by molar-refractivity contribution is 6.06. The van der Waals surface area contributed by atoms with Gasteiger partial charge in [-0.25, -0.2) is 4.79 Å². The third kappa shape index (κ3) is 3.17. The molecule has 2 aliphatic rings. The molecule has 3 heterocycles. The van der Waals surface area contributed by atoms with Gasteiger partial charge in [-0.05, 0) is 51.3 Å². The summed E-state index contributed by atoms with van der Waals surface area (Å²) in [6.07, 6.45) is 8.13. The van der Waals surface area contributed by atoms with E-state index in [1.807, 2.05) is 24.9 Å². The van der Waals surface area contributed by atoms with Gasteiger partial charge in [-0.1, -0.05) is 0 Å². The van der Waals surface area contributed by atoms with Crippen molar-refractivity contribution in [1.82, 2.24) is 24.9 Å². The number of hydrogen-bond donors (Lipinski definition) is 1. The molecule has 2 fully saturated rings. The molecule has 132 valence electrons. The molecule has 7 nitrogen and oxygen atoms in total. The van der Waals surface area contributed by atoms with Gasteiger partial charge in [-0.2, -0.15) is 5.10 Å². The maximum Gasteiger partial charge on any atom is 0.324 e. The second kappa shape index (κ2) is 6.55. The van der Waals surface area contributed by atoms with Gasteiger partial charge in [0.2, 0.25) is 0 Å². The summed E-state index contributed by atoms with van der Waals surface area (Å²) >= 11 is 0. The van der Waals surface area contributed by atoms with Gasteiger partial charge in [-0.3, -0.25) is 14.4 Å². The molecule has 0 spiro atoms. The van der Waals surface area contributed by atoms with E-state index in [1.54, 1.807) is 7.05 Å². The average Bonchev–Trinajstić information content (AvgIpc) is 3.06. The lowest BCUT2D eigenvalue weighted by Gasteiger charge is -2.39. The summed E-state index contributed by atoms with van der Waals surface area (Å²) in [7, 11) is 3.49. The molecule has 0 unspecified atom stereocenters. The first-order valence-corrected chi connectivity index (χ1v) is 8.70. The molecule has 24 heavy (non-hydrogen) atoms. The summed E-state index contributed by atoms with van der Waals surface area (Å²) in [5.41, 5.74) is 0.506. The fraction of sp³-hybridized carbons (Fsp3) is 0.706. The number of nitrogens with one attached hydrogen (secondary N) is 1. The lowest BCUT2D eigenvalue weighted by Crippen LogP contribution is -2.55. The Bertz CT molecular complexity index is 628. The van der Waals surface area contributed by atoms with Crippen LogP contribution >= 0.6 is 0 Å². The van der Waals surface area contributed by atoms with Gasteiger partial charge in [-0.15, -0.1) is 0 Å². The van der Waals surface area contributed by atoms with Crippen molar-refractivity contribution in [1.29, 1.82) is 0 Å². The van der Waals surface area contributed by atoms with Crippen molar-refractivity contribution >= 4 is 11.9 Å². The van der Waals surface area contributed by atoms with E-state index in [2.05, 4.69) is 21.5 Å². The Morgan fingerprint density at radius 2 is 2.17 bits per heavy atom. The molecule has 3 amide bonds. The fourth-order valence-electron chi connectivity index (χ4n) is 3.91. The molecule has 1 N–H and O–H groups in total. The lowest BCUT2D eigenvalue weighted by atomic mass is 9.80. The van der Waals surface area contributed by atoms with Gasteiger partial charge in [0.1, 0.15) is 5.54 Å². The third-order valence-corrected chi connectivity index (χ3v) is 5.44. The van der Waals surface area contributed by atoms with E-state index in [1.165, 1.54) is 10.5 Å². The molecule has 2 aliphatic heterocycles. The van der Waals surface area contributed by atoms with Crippen LogP contribution in [0, 0.1) is 5.92 Å². The van der Waals surface area contributed by atoms with Gasteiger partial charge >= 0.3 is 6.03 Å². The molecular weight excluding hydrogens is 306 g/mol. The number of urea groups is 1. The van der Waals surface area contributed by atoms with E-state index in [4.69, 9.17) is 0 Å². The molecule has 3 rings (SSSR count). The summed E-state index contributed by atoms with van der Waals surface area (Å²) in [6, 6.07) is -0.281. The van der Waals surface area contributed by atoms with Crippen LogP contribution in [-0.4, -0.2) is 63.7 Å². The van der Waals surface area contributed by atoms with Crippen molar-refractivity contribution in [3.8, 4) is 0 Å². The smallest absolute Gasteiger partial charge is 0.323 e. The highest BCUT2D eigenvalue weighted by Gasteiger charge is 2.51. The Kier molecular flexibility index (Phi) is 4.62. The van der Waals surface area contributed by atoms with Crippen molar-refractivity contribution in [3.63, 3.8) is 0 Å². The van der Waals surface area contributed by atoms with Crippen LogP contribution in [0.15, 0.2) is 12.4 Å². The minimum Gasteiger partial charge on any atom is -0.323 e. The number of carbonyl (C=O) groups excluding carboxylic acids is 2. The number of carbonyl (C=O) groups is 2. The van der Waals surface area contributed by atoms with E-state index in [0.29, 0.717) is 0 Å². The number of nitrogens with zero attached hydrogens (tertiary/aromatic N) is 4. The Labute approximate surface area is 143 Å². The van der Waals surface area contributed by atoms with Crippen LogP contribution in [0.2, 0.25) is 0 Å². The summed E-state index contributed by atoms with van der Waals surface area (Å²) in [6.45, 7) is 4.82. The number of rotatable bonds is 5. The summed E-state index contributed by atoms with van der Waals surface area (Å²) < 4.78 is 1.83. The zero-order valence-corrected chi connectivity index (χ0v) is 14.8. The van der Waals surface area contributed by atoms with Crippen LogP contribution in [0.5, 0.6) is 0 Å². The van der Waals surface area contributed by atoms with Gasteiger partial charge in [0.15, 0.2) is 0 Å². The molecule has 0 saturated carbocycles. The number of aryl methyl sites for hydroxylation is 2. The first kappa shape index (κ1) is 17.0. The van der Waals surface area contributed by atoms with Gasteiger partial charge in [0, 0.05) is 32.8 Å². The van der Waals surface area contributed by atoms with Gasteiger partial charge in [0.05, 0.1) is 6.20 Å². The standard InChI is InChI=1S/C17H27N5O2/c1-17(15(23)21(3)16(24)19-17)14-7-5-9-22(12-14)8-4-6-13-10-18-20(2)11-13/h10-11,14H,4-9,12H2,1-3H3,(H,19,24)/t14-,17-/m0/s1. The second-order valence-corrected chi connectivity index (χ2v) is 7.26. The second-order valence-electron chi connectivity index (χ2n) is 7.26. The van der Waals surface area contributed by atoms with Crippen LogP contribution < -0.4 is 5.32 Å². The SMILES string of the molecule is CN1C(=O)N[C@@](C)([C@H]2CCCN(CCCc3cnn(C)c3)C2)C1=O. The molecule has 0 radical (unpaired) electrons. The number of hydrogen-bond acceptors (Lipinski definition) is 4. The third-order valence-electron chi connectivity index (χ3n) is 5.44. The average molecular weight is 333 g/mol. The van der Waals surface area contributed by atoms with E-state index in [0.717, 1.165) is 45.3 Å². The lowest BCUT2D eigenvalue weighted by molar-refractivity contribution is -0.132. The van der Waals surface area contributed by atoms with Crippen molar-refractivity contribution in [2.24, 2.45) is 13.0 Å². The van der Waals surface area contributed by atoms with E-state index in [-0.39, 0.29) is 17.9 Å². The summed E-state index contributed by atoms with van der Waals surface area (Å²) in [5.74, 6) is 0.0701. The Morgan fingerprint density at radius 3 is 2.79 bits per heavy atom. The molecule has 0 bridgehead atoms. The monoisotopic (exact) mass is 333 g/mol. The predicted molar refractivity (Wildman–Crippen MR) is 90.4 cm³/mol. The zero-order chi connectivity index (χ0) is 17.3. The zero-order valence-electron chi connectivity index (χ0n) is 14.8. The minimum atomic E-state index is -0.756. The van der Waals surface area contributed by atoms with Crippen molar-refractivity contribution in [2.45, 2.75) is 38.1 Å². The molecule has 1 aromatic heterocycles. The predicted octanol–water partition coefficient (Wildman–Crippen LogP) is 1.00. The number of likely N-dealkylation sites (N-methyl/N-ethyl adjacent to an activating group) is 1. The topological polar surface area (TPSA) is 70.5 Å². The van der Waals surface area contributed by atoms with Crippen LogP contribution in [0.4, 0.5) is 4.79 Å². The number of aromatic nitrogens is 2. The largest absolute Gasteiger partial charge is 0.324 e. The summed E-state index contributed by atoms with van der Waals surface area (Å²) in [5, 5.41) is 7.10. The normalized spacial score (nSPS) is 28.5. The van der Waals surface area contributed by atoms with E-state index >= 15 is 0 Å². The molecule has 2 atom stereocenters. The number of imide groups is 1. The highest BCUT2D eigenvalue weighted by atomic mass is 16.2. The van der Waals surface area contributed by atoms with E-state index in [9.17, 15) is 9.59 Å². The molecule has 1 aromatic rings. The minimum absolute atomic E-state index is 0.102. The fourth-order valence-corrected chi connectivity index (χ4v) is 3.91. The van der Waals surface area contributed by atoms with Crippen LogP contribution in [-0.2, 0) is 18.3 Å². The number of amides is 3. The highest BCUT2D eigenvalue weighted by Crippen LogP contribution is 2.32. The molecule has 0 aromatic carbocycles. The van der Waals surface area contributed by atoms with E-state index < -0.39 is 5.54 Å². The van der Waals surface area contributed by atoms with Crippen molar-refractivity contribution in [3.05, 3.63) is 18.0 Å². The van der Waals surface area contributed by atoms with Gasteiger partial charge in [0.25, 0.3) is 5.91 Å². The van der Waals surface area contributed by atoms with Crippen LogP contribution in [0.3, 0.4) is 0 Å². The Morgan fingerprint density at radius 1 is 1.38 bits per heavy atom. The first-order chi connectivity index (χ1) is 11.4. The first-order valence-electron chi connectivity index (χ1n) is 8.70. The van der Waals surface area contributed by atoms with Crippen molar-refractivity contribution < 1.29 is 9.59 Å². The molecule has 7 heteroatoms. The molecule has 0 aliphatic carbocycles. The van der Waals surface area contributed by atoms with Gasteiger partial charge < -0.3 is 10.2 Å². The quantitative estimate of drug-likeness (QED) is 0.816. The maximum atomic E-state index is 12.5. The maximum absolute atomic E-state index is 12.5. The number of likely N-dealkylation sites (tertiary alicyclic amines) is 1. The summed E-state index contributed by atoms with van der Waals surface area (Å²) in [4.78, 5) is 27.9. The Balaban J connectivity index is 1.54.